The molecule has 1 aliphatic heterocycles. The average Bonchev–Trinajstić information content (AvgIpc) is 2.17. The molecule has 0 radical (unpaired) electrons. The van der Waals surface area contributed by atoms with Crippen LogP contribution >= 0.6 is 0 Å². The molecule has 0 saturated carbocycles. The van der Waals surface area contributed by atoms with Crippen molar-refractivity contribution in [2.75, 3.05) is 26.2 Å². The molecule has 1 rings (SSSR count). The Hall–Kier alpha value is -0.610. The van der Waals surface area contributed by atoms with Crippen LogP contribution in [0.2, 0.25) is 0 Å². The van der Waals surface area contributed by atoms with Gasteiger partial charge in [0.05, 0.1) is 6.10 Å². The maximum absolute atomic E-state index is 11.6. The second kappa shape index (κ2) is 5.32. The normalized spacial score (nSPS) is 20.9. The van der Waals surface area contributed by atoms with Crippen molar-refractivity contribution in [3.63, 3.8) is 0 Å². The fraction of sp³-hybridized carbons (Fsp3) is 0.900. The number of carbonyl (C=O) groups is 1. The van der Waals surface area contributed by atoms with Gasteiger partial charge in [0.2, 0.25) is 0 Å². The van der Waals surface area contributed by atoms with Gasteiger partial charge in [-0.3, -0.25) is 9.69 Å². The van der Waals surface area contributed by atoms with Crippen molar-refractivity contribution in [2.24, 2.45) is 0 Å². The first-order valence-electron chi connectivity index (χ1n) is 5.26. The zero-order valence-electron chi connectivity index (χ0n) is 9.25. The third kappa shape index (κ3) is 3.27. The standard InChI is InChI=1S/C10H20N2O2/c1-8(2)14-10(13)9(3)12-6-4-11-5-7-12/h8-9,11H,4-7H2,1-3H3. The average molecular weight is 200 g/mol. The summed E-state index contributed by atoms with van der Waals surface area (Å²) in [5.41, 5.74) is 0. The highest BCUT2D eigenvalue weighted by molar-refractivity contribution is 5.75. The molecule has 1 N–H and O–H groups in total. The predicted molar refractivity (Wildman–Crippen MR) is 55.1 cm³/mol. The van der Waals surface area contributed by atoms with Gasteiger partial charge in [-0.1, -0.05) is 0 Å². The number of carbonyl (C=O) groups excluding carboxylic acids is 1. The van der Waals surface area contributed by atoms with Gasteiger partial charge in [0.15, 0.2) is 0 Å². The lowest BCUT2D eigenvalue weighted by Crippen LogP contribution is -2.50. The highest BCUT2D eigenvalue weighted by Crippen LogP contribution is 2.04. The van der Waals surface area contributed by atoms with Crippen LogP contribution in [0, 0.1) is 0 Å². The topological polar surface area (TPSA) is 41.6 Å². The lowest BCUT2D eigenvalue weighted by atomic mass is 10.2. The van der Waals surface area contributed by atoms with E-state index in [-0.39, 0.29) is 18.1 Å². The van der Waals surface area contributed by atoms with E-state index in [0.717, 1.165) is 26.2 Å². The van der Waals surface area contributed by atoms with Gasteiger partial charge < -0.3 is 10.1 Å². The number of nitrogens with one attached hydrogen (secondary N) is 1. The molecule has 4 nitrogen and oxygen atoms in total. The molecule has 0 aromatic rings. The van der Waals surface area contributed by atoms with Gasteiger partial charge >= 0.3 is 5.97 Å². The van der Waals surface area contributed by atoms with Gasteiger partial charge in [-0.2, -0.15) is 0 Å². The van der Waals surface area contributed by atoms with E-state index < -0.39 is 0 Å². The Bertz CT molecular complexity index is 189. The van der Waals surface area contributed by atoms with Crippen molar-refractivity contribution < 1.29 is 9.53 Å². The second-order valence-corrected chi connectivity index (χ2v) is 3.95. The molecule has 1 unspecified atom stereocenters. The summed E-state index contributed by atoms with van der Waals surface area (Å²) in [5.74, 6) is -0.109. The summed E-state index contributed by atoms with van der Waals surface area (Å²) in [6.07, 6.45) is -0.0205. The van der Waals surface area contributed by atoms with Crippen LogP contribution in [0.4, 0.5) is 0 Å². The number of nitrogens with zero attached hydrogens (tertiary/aromatic N) is 1. The quantitative estimate of drug-likeness (QED) is 0.662. The molecule has 4 heteroatoms. The number of esters is 1. The van der Waals surface area contributed by atoms with E-state index >= 15 is 0 Å². The minimum atomic E-state index is -0.112. The van der Waals surface area contributed by atoms with Crippen LogP contribution in [-0.4, -0.2) is 49.2 Å². The third-order valence-electron chi connectivity index (χ3n) is 2.39. The molecule has 0 spiro atoms. The van der Waals surface area contributed by atoms with Crippen LogP contribution in [0.25, 0.3) is 0 Å². The minimum absolute atomic E-state index is 0.0205. The Balaban J connectivity index is 2.38. The van der Waals surface area contributed by atoms with Crippen molar-refractivity contribution in [3.8, 4) is 0 Å². The first-order valence-corrected chi connectivity index (χ1v) is 5.26. The zero-order chi connectivity index (χ0) is 10.6. The van der Waals surface area contributed by atoms with Crippen molar-refractivity contribution in [1.82, 2.24) is 10.2 Å². The summed E-state index contributed by atoms with van der Waals surface area (Å²) >= 11 is 0. The Morgan fingerprint density at radius 3 is 2.36 bits per heavy atom. The molecular formula is C10H20N2O2. The van der Waals surface area contributed by atoms with Crippen LogP contribution in [0.5, 0.6) is 0 Å². The summed E-state index contributed by atoms with van der Waals surface area (Å²) in [5, 5.41) is 3.26. The summed E-state index contributed by atoms with van der Waals surface area (Å²) in [4.78, 5) is 13.7. The van der Waals surface area contributed by atoms with E-state index in [0.29, 0.717) is 0 Å². The summed E-state index contributed by atoms with van der Waals surface area (Å²) in [7, 11) is 0. The van der Waals surface area contributed by atoms with Crippen LogP contribution in [0.15, 0.2) is 0 Å². The Morgan fingerprint density at radius 2 is 1.86 bits per heavy atom. The number of rotatable bonds is 3. The maximum atomic E-state index is 11.6. The molecule has 1 atom stereocenters. The van der Waals surface area contributed by atoms with E-state index in [2.05, 4.69) is 10.2 Å². The van der Waals surface area contributed by atoms with Crippen molar-refractivity contribution >= 4 is 5.97 Å². The molecule has 1 heterocycles. The van der Waals surface area contributed by atoms with Gasteiger partial charge in [-0.05, 0) is 20.8 Å². The molecule has 1 aliphatic rings. The summed E-state index contributed by atoms with van der Waals surface area (Å²) in [6, 6.07) is -0.112. The van der Waals surface area contributed by atoms with Crippen LogP contribution in [-0.2, 0) is 9.53 Å². The smallest absolute Gasteiger partial charge is 0.323 e. The molecule has 0 bridgehead atoms. The van der Waals surface area contributed by atoms with E-state index in [1.165, 1.54) is 0 Å². The third-order valence-corrected chi connectivity index (χ3v) is 2.39. The highest BCUT2D eigenvalue weighted by Gasteiger charge is 2.24. The molecule has 82 valence electrons. The second-order valence-electron chi connectivity index (χ2n) is 3.95. The monoisotopic (exact) mass is 200 g/mol. The fourth-order valence-electron chi connectivity index (χ4n) is 1.55. The SMILES string of the molecule is CC(C)OC(=O)C(C)N1CCNCC1. The van der Waals surface area contributed by atoms with Gasteiger partial charge in [-0.25, -0.2) is 0 Å². The number of hydrogen-bond donors (Lipinski definition) is 1. The van der Waals surface area contributed by atoms with E-state index in [1.54, 1.807) is 0 Å². The number of piperazine rings is 1. The van der Waals surface area contributed by atoms with E-state index in [4.69, 9.17) is 4.74 Å². The molecule has 14 heavy (non-hydrogen) atoms. The molecule has 0 aromatic carbocycles. The Kier molecular flexibility index (Phi) is 4.35. The maximum Gasteiger partial charge on any atom is 0.323 e. The Labute approximate surface area is 85.6 Å². The largest absolute Gasteiger partial charge is 0.462 e. The molecule has 1 saturated heterocycles. The molecular weight excluding hydrogens is 180 g/mol. The molecule has 0 aromatic heterocycles. The van der Waals surface area contributed by atoms with Crippen LogP contribution < -0.4 is 5.32 Å². The van der Waals surface area contributed by atoms with E-state index in [1.807, 2.05) is 20.8 Å². The summed E-state index contributed by atoms with van der Waals surface area (Å²) in [6.45, 7) is 9.43. The predicted octanol–water partition coefficient (Wildman–Crippen LogP) is 0.232. The molecule has 0 amide bonds. The molecule has 0 aliphatic carbocycles. The highest BCUT2D eigenvalue weighted by atomic mass is 16.5. The van der Waals surface area contributed by atoms with Gasteiger partial charge in [0, 0.05) is 26.2 Å². The van der Waals surface area contributed by atoms with Gasteiger partial charge in [-0.15, -0.1) is 0 Å². The number of ether oxygens (including phenoxy) is 1. The zero-order valence-corrected chi connectivity index (χ0v) is 9.25. The van der Waals surface area contributed by atoms with Crippen LogP contribution in [0.3, 0.4) is 0 Å². The molecule has 1 fully saturated rings. The van der Waals surface area contributed by atoms with Crippen molar-refractivity contribution in [3.05, 3.63) is 0 Å². The lowest BCUT2D eigenvalue weighted by Gasteiger charge is -2.31. The first-order chi connectivity index (χ1) is 6.61. The fourth-order valence-corrected chi connectivity index (χ4v) is 1.55. The lowest BCUT2D eigenvalue weighted by molar-refractivity contribution is -0.153. The van der Waals surface area contributed by atoms with Crippen molar-refractivity contribution in [1.29, 1.82) is 0 Å². The van der Waals surface area contributed by atoms with Crippen molar-refractivity contribution in [2.45, 2.75) is 32.9 Å². The first kappa shape index (κ1) is 11.5. The minimum Gasteiger partial charge on any atom is -0.462 e. The van der Waals surface area contributed by atoms with Crippen LogP contribution in [0.1, 0.15) is 20.8 Å². The van der Waals surface area contributed by atoms with E-state index in [9.17, 15) is 4.79 Å². The number of hydrogen-bond acceptors (Lipinski definition) is 4. The van der Waals surface area contributed by atoms with Gasteiger partial charge in [0.1, 0.15) is 6.04 Å². The Morgan fingerprint density at radius 1 is 1.29 bits per heavy atom. The summed E-state index contributed by atoms with van der Waals surface area (Å²) < 4.78 is 5.16. The van der Waals surface area contributed by atoms with Gasteiger partial charge in [0.25, 0.3) is 0 Å².